The van der Waals surface area contributed by atoms with Gasteiger partial charge in [-0.05, 0) is 37.4 Å². The lowest BCUT2D eigenvalue weighted by Crippen LogP contribution is -2.32. The minimum Gasteiger partial charge on any atom is -0.371 e. The molecule has 2 rings (SSSR count). The third kappa shape index (κ3) is 3.43. The average molecular weight is 233 g/mol. The molecule has 0 aliphatic carbocycles. The molecule has 1 aliphatic rings. The van der Waals surface area contributed by atoms with Gasteiger partial charge in [-0.1, -0.05) is 13.8 Å². The lowest BCUT2D eigenvalue weighted by atomic mass is 9.99. The maximum Gasteiger partial charge on any atom is 0.0562 e. The number of pyridine rings is 1. The van der Waals surface area contributed by atoms with Crippen molar-refractivity contribution in [3.63, 3.8) is 0 Å². The Kier molecular flexibility index (Phi) is 4.37. The van der Waals surface area contributed by atoms with Gasteiger partial charge in [0.2, 0.25) is 0 Å². The first-order valence-corrected chi connectivity index (χ1v) is 6.70. The van der Waals surface area contributed by atoms with Crippen LogP contribution in [0, 0.1) is 5.92 Å². The van der Waals surface area contributed by atoms with Crippen molar-refractivity contribution in [1.82, 2.24) is 10.3 Å². The molecule has 0 amide bonds. The smallest absolute Gasteiger partial charge is 0.0562 e. The van der Waals surface area contributed by atoms with E-state index in [-0.39, 0.29) is 0 Å². The molecule has 0 bridgehead atoms. The second-order valence-corrected chi connectivity index (χ2v) is 4.96. The van der Waals surface area contributed by atoms with Crippen LogP contribution in [0.2, 0.25) is 0 Å². The van der Waals surface area contributed by atoms with Gasteiger partial charge in [0.15, 0.2) is 0 Å². The molecule has 3 nitrogen and oxygen atoms in total. The van der Waals surface area contributed by atoms with Crippen LogP contribution in [0.3, 0.4) is 0 Å². The largest absolute Gasteiger partial charge is 0.371 e. The van der Waals surface area contributed by atoms with Crippen molar-refractivity contribution >= 4 is 5.69 Å². The quantitative estimate of drug-likeness (QED) is 0.865. The molecule has 0 atom stereocenters. The molecule has 94 valence electrons. The highest BCUT2D eigenvalue weighted by atomic mass is 15.1. The van der Waals surface area contributed by atoms with Crippen LogP contribution < -0.4 is 10.2 Å². The predicted molar refractivity (Wildman–Crippen MR) is 72.2 cm³/mol. The molecule has 2 heterocycles. The monoisotopic (exact) mass is 233 g/mol. The Morgan fingerprint density at radius 2 is 2.18 bits per heavy atom. The van der Waals surface area contributed by atoms with Gasteiger partial charge in [0.1, 0.15) is 0 Å². The summed E-state index contributed by atoms with van der Waals surface area (Å²) in [5, 5.41) is 3.32. The fourth-order valence-electron chi connectivity index (χ4n) is 2.28. The van der Waals surface area contributed by atoms with Crippen LogP contribution in [-0.4, -0.2) is 24.6 Å². The molecular weight excluding hydrogens is 210 g/mol. The highest BCUT2D eigenvalue weighted by Crippen LogP contribution is 2.22. The number of nitrogens with one attached hydrogen (secondary N) is 1. The van der Waals surface area contributed by atoms with Gasteiger partial charge in [-0.2, -0.15) is 0 Å². The van der Waals surface area contributed by atoms with Crippen LogP contribution in [0.15, 0.2) is 18.3 Å². The number of piperidine rings is 1. The molecule has 1 aromatic heterocycles. The first-order valence-electron chi connectivity index (χ1n) is 6.70. The van der Waals surface area contributed by atoms with Crippen molar-refractivity contribution in [2.75, 3.05) is 24.5 Å². The molecular formula is C14H23N3. The van der Waals surface area contributed by atoms with Crippen molar-refractivity contribution in [2.45, 2.75) is 33.2 Å². The summed E-state index contributed by atoms with van der Waals surface area (Å²) in [6.45, 7) is 8.70. The van der Waals surface area contributed by atoms with E-state index in [4.69, 9.17) is 0 Å². The molecule has 3 heteroatoms. The summed E-state index contributed by atoms with van der Waals surface area (Å²) in [4.78, 5) is 6.88. The second kappa shape index (κ2) is 6.01. The number of hydrogen-bond acceptors (Lipinski definition) is 3. The van der Waals surface area contributed by atoms with E-state index in [1.165, 1.54) is 31.6 Å². The summed E-state index contributed by atoms with van der Waals surface area (Å²) >= 11 is 0. The first kappa shape index (κ1) is 12.4. The van der Waals surface area contributed by atoms with Crippen LogP contribution in [-0.2, 0) is 6.54 Å². The Hall–Kier alpha value is -1.09. The molecule has 1 aromatic rings. The topological polar surface area (TPSA) is 28.2 Å². The van der Waals surface area contributed by atoms with Crippen LogP contribution in [0.5, 0.6) is 0 Å². The summed E-state index contributed by atoms with van der Waals surface area (Å²) in [6.07, 6.45) is 4.55. The summed E-state index contributed by atoms with van der Waals surface area (Å²) in [6, 6.07) is 4.35. The van der Waals surface area contributed by atoms with Crippen molar-refractivity contribution < 1.29 is 0 Å². The molecule has 1 aliphatic heterocycles. The fraction of sp³-hybridized carbons (Fsp3) is 0.643. The van der Waals surface area contributed by atoms with Gasteiger partial charge < -0.3 is 10.2 Å². The van der Waals surface area contributed by atoms with Crippen LogP contribution in [0.25, 0.3) is 0 Å². The van der Waals surface area contributed by atoms with Crippen LogP contribution in [0.4, 0.5) is 5.69 Å². The van der Waals surface area contributed by atoms with Gasteiger partial charge in [-0.25, -0.2) is 0 Å². The van der Waals surface area contributed by atoms with E-state index in [1.807, 2.05) is 6.20 Å². The maximum atomic E-state index is 4.40. The van der Waals surface area contributed by atoms with Gasteiger partial charge >= 0.3 is 0 Å². The van der Waals surface area contributed by atoms with Crippen molar-refractivity contribution in [1.29, 1.82) is 0 Å². The Balaban J connectivity index is 2.00. The maximum absolute atomic E-state index is 4.40. The number of anilines is 1. The van der Waals surface area contributed by atoms with Crippen LogP contribution in [0.1, 0.15) is 32.4 Å². The molecule has 17 heavy (non-hydrogen) atoms. The van der Waals surface area contributed by atoms with E-state index in [9.17, 15) is 0 Å². The Labute approximate surface area is 104 Å². The van der Waals surface area contributed by atoms with Gasteiger partial charge in [0.05, 0.1) is 5.69 Å². The Morgan fingerprint density at radius 3 is 2.88 bits per heavy atom. The van der Waals surface area contributed by atoms with Gasteiger partial charge in [0, 0.05) is 31.5 Å². The van der Waals surface area contributed by atoms with Crippen molar-refractivity contribution in [3.05, 3.63) is 24.0 Å². The highest BCUT2D eigenvalue weighted by Gasteiger charge is 2.16. The minimum absolute atomic E-state index is 0.870. The number of nitrogens with zero attached hydrogens (tertiary/aromatic N) is 2. The lowest BCUT2D eigenvalue weighted by Gasteiger charge is -2.32. The van der Waals surface area contributed by atoms with E-state index in [2.05, 4.69) is 41.2 Å². The van der Waals surface area contributed by atoms with Gasteiger partial charge in [-0.15, -0.1) is 0 Å². The summed E-state index contributed by atoms with van der Waals surface area (Å²) in [5.41, 5.74) is 2.47. The number of aromatic nitrogens is 1. The summed E-state index contributed by atoms with van der Waals surface area (Å²) in [7, 11) is 0. The SMILES string of the molecule is CCNCc1cc(N2CCC(C)CC2)ccn1. The average Bonchev–Trinajstić information content (AvgIpc) is 2.37. The first-order chi connectivity index (χ1) is 8.29. The summed E-state index contributed by atoms with van der Waals surface area (Å²) in [5.74, 6) is 0.884. The third-order valence-electron chi connectivity index (χ3n) is 3.51. The lowest BCUT2D eigenvalue weighted by molar-refractivity contribution is 0.438. The van der Waals surface area contributed by atoms with E-state index < -0.39 is 0 Å². The van der Waals surface area contributed by atoms with E-state index in [0.29, 0.717) is 0 Å². The Morgan fingerprint density at radius 1 is 1.41 bits per heavy atom. The van der Waals surface area contributed by atoms with Gasteiger partial charge in [-0.3, -0.25) is 4.98 Å². The summed E-state index contributed by atoms with van der Waals surface area (Å²) < 4.78 is 0. The zero-order chi connectivity index (χ0) is 12.1. The zero-order valence-corrected chi connectivity index (χ0v) is 10.9. The fourth-order valence-corrected chi connectivity index (χ4v) is 2.28. The predicted octanol–water partition coefficient (Wildman–Crippen LogP) is 2.43. The van der Waals surface area contributed by atoms with E-state index in [0.717, 1.165) is 24.7 Å². The molecule has 1 N–H and O–H groups in total. The molecule has 1 saturated heterocycles. The van der Waals surface area contributed by atoms with Gasteiger partial charge in [0.25, 0.3) is 0 Å². The molecule has 1 fully saturated rings. The van der Waals surface area contributed by atoms with E-state index >= 15 is 0 Å². The molecule has 0 unspecified atom stereocenters. The van der Waals surface area contributed by atoms with E-state index in [1.54, 1.807) is 0 Å². The standard InChI is InChI=1S/C14H23N3/c1-3-15-11-13-10-14(4-7-16-13)17-8-5-12(2)6-9-17/h4,7,10,12,15H,3,5-6,8-9,11H2,1-2H3. The van der Waals surface area contributed by atoms with Crippen molar-refractivity contribution in [2.24, 2.45) is 5.92 Å². The Bertz CT molecular complexity index is 343. The second-order valence-electron chi connectivity index (χ2n) is 4.96. The highest BCUT2D eigenvalue weighted by molar-refractivity contribution is 5.46. The normalized spacial score (nSPS) is 17.4. The van der Waals surface area contributed by atoms with Crippen LogP contribution >= 0.6 is 0 Å². The number of rotatable bonds is 4. The molecule has 0 radical (unpaired) electrons. The van der Waals surface area contributed by atoms with Crippen molar-refractivity contribution in [3.8, 4) is 0 Å². The molecule has 0 spiro atoms. The minimum atomic E-state index is 0.870. The molecule has 0 saturated carbocycles. The third-order valence-corrected chi connectivity index (χ3v) is 3.51. The number of hydrogen-bond donors (Lipinski definition) is 1. The molecule has 0 aromatic carbocycles. The zero-order valence-electron chi connectivity index (χ0n) is 10.9.